The van der Waals surface area contributed by atoms with Gasteiger partial charge in [0.05, 0.1) is 5.69 Å². The molecule has 2 fully saturated rings. The second-order valence-corrected chi connectivity index (χ2v) is 7.77. The molecular weight excluding hydrogens is 340 g/mol. The lowest BCUT2D eigenvalue weighted by molar-refractivity contribution is -0.131. The van der Waals surface area contributed by atoms with Crippen LogP contribution in [0.25, 0.3) is 11.5 Å². The molecule has 4 rings (SSSR count). The van der Waals surface area contributed by atoms with Gasteiger partial charge in [-0.05, 0) is 37.3 Å². The fourth-order valence-electron chi connectivity index (χ4n) is 4.31. The van der Waals surface area contributed by atoms with Crippen molar-refractivity contribution in [1.82, 2.24) is 19.9 Å². The van der Waals surface area contributed by atoms with Crippen LogP contribution >= 0.6 is 0 Å². The summed E-state index contributed by atoms with van der Waals surface area (Å²) in [6.07, 6.45) is 9.41. The average molecular weight is 366 g/mol. The van der Waals surface area contributed by atoms with E-state index in [-0.39, 0.29) is 17.4 Å². The highest BCUT2D eigenvalue weighted by atomic mass is 16.2. The van der Waals surface area contributed by atoms with E-state index in [4.69, 9.17) is 0 Å². The van der Waals surface area contributed by atoms with Gasteiger partial charge in [0.1, 0.15) is 5.69 Å². The first-order valence-corrected chi connectivity index (χ1v) is 9.99. The van der Waals surface area contributed by atoms with Gasteiger partial charge in [-0.2, -0.15) is 0 Å². The average Bonchev–Trinajstić information content (AvgIpc) is 3.19. The molecule has 1 amide bonds. The highest BCUT2D eigenvalue weighted by Gasteiger charge is 2.30. The molecule has 3 heterocycles. The lowest BCUT2D eigenvalue weighted by Crippen LogP contribution is -2.30. The first-order chi connectivity index (χ1) is 13.2. The quantitative estimate of drug-likeness (QED) is 0.902. The van der Waals surface area contributed by atoms with Gasteiger partial charge in [-0.3, -0.25) is 14.6 Å². The maximum absolute atomic E-state index is 12.7. The predicted molar refractivity (Wildman–Crippen MR) is 103 cm³/mol. The van der Waals surface area contributed by atoms with Crippen LogP contribution in [0.5, 0.6) is 0 Å². The first kappa shape index (κ1) is 17.9. The Kier molecular flexibility index (Phi) is 5.32. The molecule has 1 aliphatic carbocycles. The smallest absolute Gasteiger partial charge is 0.251 e. The van der Waals surface area contributed by atoms with Crippen molar-refractivity contribution in [3.63, 3.8) is 0 Å². The molecule has 6 heteroatoms. The molecule has 1 N–H and O–H groups in total. The van der Waals surface area contributed by atoms with Crippen LogP contribution in [0.15, 0.2) is 35.3 Å². The number of pyridine rings is 1. The molecule has 1 saturated carbocycles. The Bertz CT molecular complexity index is 843. The molecule has 2 aromatic rings. The van der Waals surface area contributed by atoms with Crippen LogP contribution in [-0.2, 0) is 4.79 Å². The van der Waals surface area contributed by atoms with E-state index in [0.29, 0.717) is 30.4 Å². The van der Waals surface area contributed by atoms with Gasteiger partial charge >= 0.3 is 0 Å². The molecule has 0 unspecified atom stereocenters. The van der Waals surface area contributed by atoms with Gasteiger partial charge in [-0.25, -0.2) is 4.98 Å². The van der Waals surface area contributed by atoms with Gasteiger partial charge in [0.15, 0.2) is 5.82 Å². The Hall–Kier alpha value is -2.50. The van der Waals surface area contributed by atoms with Crippen LogP contribution in [0, 0.1) is 5.92 Å². The zero-order valence-electron chi connectivity index (χ0n) is 15.6. The van der Waals surface area contributed by atoms with E-state index in [9.17, 15) is 9.59 Å². The largest absolute Gasteiger partial charge is 0.342 e. The van der Waals surface area contributed by atoms with Crippen molar-refractivity contribution < 1.29 is 4.79 Å². The summed E-state index contributed by atoms with van der Waals surface area (Å²) in [4.78, 5) is 38.4. The molecule has 0 radical (unpaired) electrons. The molecule has 142 valence electrons. The van der Waals surface area contributed by atoms with Gasteiger partial charge < -0.3 is 9.88 Å². The summed E-state index contributed by atoms with van der Waals surface area (Å²) in [5, 5.41) is 0. The van der Waals surface area contributed by atoms with Crippen molar-refractivity contribution in [2.24, 2.45) is 5.92 Å². The summed E-state index contributed by atoms with van der Waals surface area (Å²) >= 11 is 0. The SMILES string of the molecule is O=C(CC1CCCCC1)N1CC[C@@H](c2cc(=O)[nH]c(-c3ccccn3)n2)C1. The summed E-state index contributed by atoms with van der Waals surface area (Å²) in [6.45, 7) is 1.41. The van der Waals surface area contributed by atoms with Gasteiger partial charge in [0.25, 0.3) is 5.56 Å². The fraction of sp³-hybridized carbons (Fsp3) is 0.524. The molecule has 0 bridgehead atoms. The third-order valence-electron chi connectivity index (χ3n) is 5.82. The molecule has 2 aliphatic rings. The maximum atomic E-state index is 12.7. The minimum atomic E-state index is -0.173. The lowest BCUT2D eigenvalue weighted by atomic mass is 9.87. The van der Waals surface area contributed by atoms with Gasteiger partial charge in [-0.15, -0.1) is 0 Å². The van der Waals surface area contributed by atoms with Crippen molar-refractivity contribution in [1.29, 1.82) is 0 Å². The first-order valence-electron chi connectivity index (χ1n) is 9.99. The fourth-order valence-corrected chi connectivity index (χ4v) is 4.31. The molecule has 0 aromatic carbocycles. The van der Waals surface area contributed by atoms with E-state index in [1.54, 1.807) is 12.3 Å². The monoisotopic (exact) mass is 366 g/mol. The van der Waals surface area contributed by atoms with Crippen molar-refractivity contribution in [2.45, 2.75) is 50.9 Å². The standard InChI is InChI=1S/C21H26N4O2/c26-19-13-18(23-21(24-19)17-8-4-5-10-22-17)16-9-11-25(14-16)20(27)12-15-6-2-1-3-7-15/h4-5,8,10,13,15-16H,1-3,6-7,9,11-12,14H2,(H,23,24,26)/t16-/m1/s1. The van der Waals surface area contributed by atoms with E-state index < -0.39 is 0 Å². The second kappa shape index (κ2) is 8.03. The van der Waals surface area contributed by atoms with Crippen molar-refractivity contribution in [3.05, 3.63) is 46.5 Å². The number of carbonyl (C=O) groups excluding carboxylic acids is 1. The number of H-pyrrole nitrogens is 1. The number of carbonyl (C=O) groups is 1. The van der Waals surface area contributed by atoms with Crippen LogP contribution in [-0.4, -0.2) is 38.8 Å². The Morgan fingerprint density at radius 3 is 2.81 bits per heavy atom. The van der Waals surface area contributed by atoms with Crippen LogP contribution in [0.3, 0.4) is 0 Å². The minimum Gasteiger partial charge on any atom is -0.342 e. The number of nitrogens with zero attached hydrogens (tertiary/aromatic N) is 3. The van der Waals surface area contributed by atoms with E-state index in [1.165, 1.54) is 32.1 Å². The van der Waals surface area contributed by atoms with Gasteiger partial charge in [0.2, 0.25) is 5.91 Å². The van der Waals surface area contributed by atoms with Crippen LogP contribution in [0.2, 0.25) is 0 Å². The summed E-state index contributed by atoms with van der Waals surface area (Å²) < 4.78 is 0. The molecule has 2 aromatic heterocycles. The number of aromatic nitrogens is 3. The highest BCUT2D eigenvalue weighted by Crippen LogP contribution is 2.30. The zero-order valence-corrected chi connectivity index (χ0v) is 15.6. The molecule has 27 heavy (non-hydrogen) atoms. The Labute approximate surface area is 159 Å². The van der Waals surface area contributed by atoms with E-state index in [1.807, 2.05) is 23.1 Å². The molecule has 0 spiro atoms. The summed E-state index contributed by atoms with van der Waals surface area (Å²) in [5.41, 5.74) is 1.24. The Morgan fingerprint density at radius 2 is 2.04 bits per heavy atom. The van der Waals surface area contributed by atoms with E-state index >= 15 is 0 Å². The van der Waals surface area contributed by atoms with Gasteiger partial charge in [0, 0.05) is 37.7 Å². The summed E-state index contributed by atoms with van der Waals surface area (Å²) in [5.74, 6) is 1.42. The molecule has 1 saturated heterocycles. The minimum absolute atomic E-state index is 0.116. The number of amides is 1. The number of hydrogen-bond acceptors (Lipinski definition) is 4. The van der Waals surface area contributed by atoms with Gasteiger partial charge in [-0.1, -0.05) is 25.3 Å². The molecule has 1 aliphatic heterocycles. The topological polar surface area (TPSA) is 79.0 Å². The van der Waals surface area contributed by atoms with Crippen LogP contribution in [0.1, 0.15) is 56.6 Å². The summed E-state index contributed by atoms with van der Waals surface area (Å²) in [7, 11) is 0. The van der Waals surface area contributed by atoms with Crippen molar-refractivity contribution in [3.8, 4) is 11.5 Å². The third kappa shape index (κ3) is 4.26. The summed E-state index contributed by atoms with van der Waals surface area (Å²) in [6, 6.07) is 7.09. The van der Waals surface area contributed by atoms with E-state index in [0.717, 1.165) is 18.7 Å². The highest BCUT2D eigenvalue weighted by molar-refractivity contribution is 5.76. The van der Waals surface area contributed by atoms with Crippen LogP contribution in [0.4, 0.5) is 0 Å². The third-order valence-corrected chi connectivity index (χ3v) is 5.82. The molecule has 1 atom stereocenters. The number of rotatable bonds is 4. The predicted octanol–water partition coefficient (Wildman–Crippen LogP) is 3.12. The molecule has 6 nitrogen and oxygen atoms in total. The van der Waals surface area contributed by atoms with Crippen molar-refractivity contribution in [2.75, 3.05) is 13.1 Å². The second-order valence-electron chi connectivity index (χ2n) is 7.77. The number of likely N-dealkylation sites (tertiary alicyclic amines) is 1. The molecular formula is C21H26N4O2. The number of nitrogens with one attached hydrogen (secondary N) is 1. The number of hydrogen-bond donors (Lipinski definition) is 1. The maximum Gasteiger partial charge on any atom is 0.251 e. The van der Waals surface area contributed by atoms with Crippen LogP contribution < -0.4 is 5.56 Å². The van der Waals surface area contributed by atoms with Crippen molar-refractivity contribution >= 4 is 5.91 Å². The normalized spacial score (nSPS) is 20.7. The number of aromatic amines is 1. The van der Waals surface area contributed by atoms with E-state index in [2.05, 4.69) is 15.0 Å². The lowest BCUT2D eigenvalue weighted by Gasteiger charge is -2.24. The Balaban J connectivity index is 1.45. The zero-order chi connectivity index (χ0) is 18.6. The Morgan fingerprint density at radius 1 is 1.19 bits per heavy atom.